The fourth-order valence-electron chi connectivity index (χ4n) is 0.374. The molecule has 2 nitrogen and oxygen atoms in total. The molecule has 1 N–H and O–H groups in total. The van der Waals surface area contributed by atoms with Crippen LogP contribution in [0.4, 0.5) is 0 Å². The summed E-state index contributed by atoms with van der Waals surface area (Å²) in [5.74, 6) is 3.04. The van der Waals surface area contributed by atoms with Crippen molar-refractivity contribution >= 4 is 0 Å². The first kappa shape index (κ1) is 9.48. The maximum Gasteiger partial charge on any atom is 0.0897 e. The van der Waals surface area contributed by atoms with E-state index in [4.69, 9.17) is 11.3 Å². The molecule has 0 amide bonds. The summed E-state index contributed by atoms with van der Waals surface area (Å²) in [6.07, 6.45) is 5.10. The van der Waals surface area contributed by atoms with Crippen LogP contribution in [0.5, 0.6) is 0 Å². The van der Waals surface area contributed by atoms with Gasteiger partial charge in [0.1, 0.15) is 0 Å². The second-order valence-electron chi connectivity index (χ2n) is 2.71. The third-order valence-corrected chi connectivity index (χ3v) is 0.927. The molecule has 0 aliphatic carbocycles. The Morgan fingerprint density at radius 2 is 2.10 bits per heavy atom. The van der Waals surface area contributed by atoms with Crippen LogP contribution in [0, 0.1) is 18.3 Å². The quantitative estimate of drug-likeness (QED) is 0.469. The Hall–Kier alpha value is -0.520. The summed E-state index contributed by atoms with van der Waals surface area (Å²) < 4.78 is 0. The van der Waals surface area contributed by atoms with Gasteiger partial charge in [0.2, 0.25) is 0 Å². The molecule has 0 saturated carbocycles. The van der Waals surface area contributed by atoms with Crippen molar-refractivity contribution in [2.75, 3.05) is 6.61 Å². The van der Waals surface area contributed by atoms with Crippen molar-refractivity contribution in [2.24, 2.45) is 5.92 Å². The first-order valence-corrected chi connectivity index (χ1v) is 3.50. The maximum absolute atomic E-state index is 5.10. The molecule has 0 aromatic rings. The average Bonchev–Trinajstić information content (AvgIpc) is 1.87. The van der Waals surface area contributed by atoms with Crippen molar-refractivity contribution < 1.29 is 4.84 Å². The van der Waals surface area contributed by atoms with Gasteiger partial charge in [-0.05, 0) is 12.8 Å². The number of terminal acetylenes is 1. The minimum Gasteiger partial charge on any atom is -0.300 e. The molecule has 0 fully saturated rings. The summed E-state index contributed by atoms with van der Waals surface area (Å²) >= 11 is 0. The molecule has 2 heteroatoms. The van der Waals surface area contributed by atoms with Crippen molar-refractivity contribution in [3.8, 4) is 12.3 Å². The largest absolute Gasteiger partial charge is 0.300 e. The van der Waals surface area contributed by atoms with E-state index >= 15 is 0 Å². The second-order valence-corrected chi connectivity index (χ2v) is 2.71. The van der Waals surface area contributed by atoms with Crippen molar-refractivity contribution in [1.82, 2.24) is 5.48 Å². The Morgan fingerprint density at radius 1 is 1.50 bits per heavy atom. The van der Waals surface area contributed by atoms with Crippen molar-refractivity contribution in [1.29, 1.82) is 0 Å². The van der Waals surface area contributed by atoms with Crippen LogP contribution >= 0.6 is 0 Å². The molecule has 1 atom stereocenters. The van der Waals surface area contributed by atoms with Gasteiger partial charge in [0, 0.05) is 0 Å². The predicted octanol–water partition coefficient (Wildman–Crippen LogP) is 1.19. The molecule has 0 aliphatic rings. The summed E-state index contributed by atoms with van der Waals surface area (Å²) in [5.41, 5.74) is 2.73. The van der Waals surface area contributed by atoms with Crippen LogP contribution in [-0.4, -0.2) is 12.6 Å². The zero-order valence-corrected chi connectivity index (χ0v) is 6.85. The van der Waals surface area contributed by atoms with E-state index in [1.54, 1.807) is 0 Å². The lowest BCUT2D eigenvalue weighted by atomic mass is 10.2. The van der Waals surface area contributed by atoms with Gasteiger partial charge in [-0.1, -0.05) is 19.8 Å². The van der Waals surface area contributed by atoms with Gasteiger partial charge in [-0.25, -0.2) is 0 Å². The third-order valence-electron chi connectivity index (χ3n) is 0.927. The van der Waals surface area contributed by atoms with Gasteiger partial charge in [-0.3, -0.25) is 0 Å². The monoisotopic (exact) mass is 141 g/mol. The van der Waals surface area contributed by atoms with Gasteiger partial charge in [-0.2, -0.15) is 5.48 Å². The fraction of sp³-hybridized carbons (Fsp3) is 0.750. The summed E-state index contributed by atoms with van der Waals surface area (Å²) in [5, 5.41) is 0. The zero-order valence-electron chi connectivity index (χ0n) is 6.85. The van der Waals surface area contributed by atoms with Crippen LogP contribution < -0.4 is 5.48 Å². The maximum atomic E-state index is 5.10. The highest BCUT2D eigenvalue weighted by Gasteiger charge is 1.96. The normalized spacial score (nSPS) is 13.1. The van der Waals surface area contributed by atoms with E-state index in [0.29, 0.717) is 12.5 Å². The smallest absolute Gasteiger partial charge is 0.0897 e. The third kappa shape index (κ3) is 5.61. The summed E-state index contributed by atoms with van der Waals surface area (Å²) in [4.78, 5) is 5.06. The standard InChI is InChI=1S/C8H15NO/c1-5-8(4)9-10-6-7(2)3/h1,7-9H,6H2,2-4H3. The number of rotatable bonds is 4. The minimum absolute atomic E-state index is 0.00116. The Bertz CT molecular complexity index is 115. The van der Waals surface area contributed by atoms with E-state index in [0.717, 1.165) is 0 Å². The Morgan fingerprint density at radius 3 is 2.50 bits per heavy atom. The molecule has 10 heavy (non-hydrogen) atoms. The van der Waals surface area contributed by atoms with Crippen LogP contribution in [0.3, 0.4) is 0 Å². The number of hydroxylamine groups is 1. The molecule has 0 rings (SSSR count). The first-order chi connectivity index (χ1) is 4.66. The molecule has 0 aliphatic heterocycles. The topological polar surface area (TPSA) is 21.3 Å². The second kappa shape index (κ2) is 5.28. The first-order valence-electron chi connectivity index (χ1n) is 3.50. The van der Waals surface area contributed by atoms with Crippen LogP contribution in [0.25, 0.3) is 0 Å². The molecule has 58 valence electrons. The molecule has 0 saturated heterocycles. The summed E-state index contributed by atoms with van der Waals surface area (Å²) in [7, 11) is 0. The highest BCUT2D eigenvalue weighted by atomic mass is 16.6. The van der Waals surface area contributed by atoms with Crippen molar-refractivity contribution in [2.45, 2.75) is 26.8 Å². The molecule has 0 spiro atoms. The predicted molar refractivity (Wildman–Crippen MR) is 42.2 cm³/mol. The average molecular weight is 141 g/mol. The lowest BCUT2D eigenvalue weighted by Gasteiger charge is -2.09. The fourth-order valence-corrected chi connectivity index (χ4v) is 0.374. The zero-order chi connectivity index (χ0) is 7.98. The van der Waals surface area contributed by atoms with Crippen molar-refractivity contribution in [3.63, 3.8) is 0 Å². The lowest BCUT2D eigenvalue weighted by molar-refractivity contribution is 0.0153. The van der Waals surface area contributed by atoms with Gasteiger partial charge >= 0.3 is 0 Å². The molecule has 0 aromatic carbocycles. The number of hydrogen-bond acceptors (Lipinski definition) is 2. The highest BCUT2D eigenvalue weighted by molar-refractivity contribution is 4.93. The van der Waals surface area contributed by atoms with Crippen LogP contribution in [0.2, 0.25) is 0 Å². The Balaban J connectivity index is 3.13. The van der Waals surface area contributed by atoms with E-state index in [2.05, 4.69) is 25.2 Å². The highest BCUT2D eigenvalue weighted by Crippen LogP contribution is 1.90. The summed E-state index contributed by atoms with van der Waals surface area (Å²) in [6.45, 7) is 6.75. The SMILES string of the molecule is C#CC(C)NOCC(C)C. The molecule has 1 unspecified atom stereocenters. The van der Waals surface area contributed by atoms with Gasteiger partial charge in [0.15, 0.2) is 0 Å². The van der Waals surface area contributed by atoms with E-state index in [-0.39, 0.29) is 6.04 Å². The number of hydrogen-bond donors (Lipinski definition) is 1. The van der Waals surface area contributed by atoms with E-state index < -0.39 is 0 Å². The molecule has 0 bridgehead atoms. The van der Waals surface area contributed by atoms with Crippen molar-refractivity contribution in [3.05, 3.63) is 0 Å². The summed E-state index contributed by atoms with van der Waals surface area (Å²) in [6, 6.07) is -0.00116. The van der Waals surface area contributed by atoms with Gasteiger partial charge in [0.05, 0.1) is 12.6 Å². The van der Waals surface area contributed by atoms with Crippen LogP contribution in [0.15, 0.2) is 0 Å². The minimum atomic E-state index is -0.00116. The lowest BCUT2D eigenvalue weighted by Crippen LogP contribution is -2.26. The van der Waals surface area contributed by atoms with E-state index in [1.165, 1.54) is 0 Å². The molecular weight excluding hydrogens is 126 g/mol. The van der Waals surface area contributed by atoms with E-state index in [1.807, 2.05) is 6.92 Å². The van der Waals surface area contributed by atoms with Crippen LogP contribution in [0.1, 0.15) is 20.8 Å². The molecule has 0 aromatic heterocycles. The van der Waals surface area contributed by atoms with Gasteiger partial charge in [-0.15, -0.1) is 6.42 Å². The molecule has 0 radical (unpaired) electrons. The number of nitrogens with one attached hydrogen (secondary N) is 1. The van der Waals surface area contributed by atoms with Crippen LogP contribution in [-0.2, 0) is 4.84 Å². The van der Waals surface area contributed by atoms with E-state index in [9.17, 15) is 0 Å². The Labute approximate surface area is 62.9 Å². The molecule has 0 heterocycles. The Kier molecular flexibility index (Phi) is 5.00. The van der Waals surface area contributed by atoms with Gasteiger partial charge < -0.3 is 4.84 Å². The molecular formula is C8H15NO. The van der Waals surface area contributed by atoms with Gasteiger partial charge in [0.25, 0.3) is 0 Å².